The van der Waals surface area contributed by atoms with Gasteiger partial charge in [-0.25, -0.2) is 4.98 Å². The van der Waals surface area contributed by atoms with Crippen LogP contribution in [0.2, 0.25) is 0 Å². The van der Waals surface area contributed by atoms with Crippen molar-refractivity contribution in [1.29, 1.82) is 0 Å². The Morgan fingerprint density at radius 3 is 3.00 bits per heavy atom. The Balaban J connectivity index is 1.85. The van der Waals surface area contributed by atoms with Crippen molar-refractivity contribution in [3.63, 3.8) is 0 Å². The van der Waals surface area contributed by atoms with E-state index in [0.29, 0.717) is 11.0 Å². The molecule has 0 unspecified atom stereocenters. The van der Waals surface area contributed by atoms with Crippen molar-refractivity contribution in [2.45, 2.75) is 52.0 Å². The highest BCUT2D eigenvalue weighted by molar-refractivity contribution is 7.20. The molecule has 2 aromatic rings. The Kier molecular flexibility index (Phi) is 3.74. The SMILES string of the molecule is CCCc1cc(=O)n2nc(N[C@@H](C)C3CCC3)sc2n1. The molecule has 6 heteroatoms. The van der Waals surface area contributed by atoms with Gasteiger partial charge in [0.2, 0.25) is 10.1 Å². The highest BCUT2D eigenvalue weighted by atomic mass is 32.1. The molecule has 1 fully saturated rings. The number of nitrogens with zero attached hydrogens (tertiary/aromatic N) is 3. The van der Waals surface area contributed by atoms with E-state index in [1.165, 1.54) is 35.1 Å². The second-order valence-electron chi connectivity index (χ2n) is 5.56. The van der Waals surface area contributed by atoms with Crippen molar-refractivity contribution in [3.8, 4) is 0 Å². The third-order valence-corrected chi connectivity index (χ3v) is 4.85. The Bertz CT molecular complexity index is 659. The first-order valence-electron chi connectivity index (χ1n) is 7.33. The molecular formula is C14H20N4OS. The fourth-order valence-electron chi connectivity index (χ4n) is 2.55. The fourth-order valence-corrected chi connectivity index (χ4v) is 3.47. The smallest absolute Gasteiger partial charge is 0.275 e. The second-order valence-corrected chi connectivity index (χ2v) is 6.52. The molecule has 108 valence electrons. The maximum Gasteiger partial charge on any atom is 0.275 e. The van der Waals surface area contributed by atoms with Crippen molar-refractivity contribution < 1.29 is 0 Å². The predicted octanol–water partition coefficient (Wildman–Crippen LogP) is 2.70. The van der Waals surface area contributed by atoms with Crippen molar-refractivity contribution in [2.75, 3.05) is 5.32 Å². The number of anilines is 1. The topological polar surface area (TPSA) is 59.3 Å². The van der Waals surface area contributed by atoms with E-state index in [2.05, 4.69) is 29.2 Å². The number of aryl methyl sites for hydroxylation is 1. The van der Waals surface area contributed by atoms with E-state index in [9.17, 15) is 4.79 Å². The van der Waals surface area contributed by atoms with Gasteiger partial charge < -0.3 is 5.32 Å². The molecule has 1 atom stereocenters. The molecule has 0 saturated heterocycles. The minimum Gasteiger partial charge on any atom is -0.357 e. The van der Waals surface area contributed by atoms with Crippen LogP contribution in [-0.4, -0.2) is 20.6 Å². The first-order valence-corrected chi connectivity index (χ1v) is 8.15. The maximum atomic E-state index is 12.0. The Hall–Kier alpha value is -1.43. The standard InChI is InChI=1S/C14H20N4OS/c1-3-5-11-8-12(19)18-14(16-11)20-13(17-18)15-9(2)10-6-4-7-10/h8-10H,3-7H2,1-2H3,(H,15,17)/t9-/m0/s1. The lowest BCUT2D eigenvalue weighted by Crippen LogP contribution is -2.30. The van der Waals surface area contributed by atoms with Crippen LogP contribution in [0.15, 0.2) is 10.9 Å². The zero-order valence-electron chi connectivity index (χ0n) is 11.9. The summed E-state index contributed by atoms with van der Waals surface area (Å²) in [5.41, 5.74) is 0.777. The Labute approximate surface area is 122 Å². The average molecular weight is 292 g/mol. The molecule has 20 heavy (non-hydrogen) atoms. The normalized spacial score (nSPS) is 17.1. The first-order chi connectivity index (χ1) is 9.67. The van der Waals surface area contributed by atoms with Gasteiger partial charge in [-0.1, -0.05) is 31.1 Å². The summed E-state index contributed by atoms with van der Waals surface area (Å²) in [5, 5.41) is 8.56. The number of nitrogens with one attached hydrogen (secondary N) is 1. The summed E-state index contributed by atoms with van der Waals surface area (Å²) in [5.74, 6) is 0.738. The lowest BCUT2D eigenvalue weighted by Gasteiger charge is -2.31. The van der Waals surface area contributed by atoms with Gasteiger partial charge in [-0.2, -0.15) is 4.52 Å². The Morgan fingerprint density at radius 1 is 1.55 bits per heavy atom. The molecule has 0 aromatic carbocycles. The lowest BCUT2D eigenvalue weighted by atomic mass is 9.80. The van der Waals surface area contributed by atoms with E-state index in [1.807, 2.05) is 0 Å². The predicted molar refractivity (Wildman–Crippen MR) is 81.6 cm³/mol. The van der Waals surface area contributed by atoms with Gasteiger partial charge in [-0.15, -0.1) is 5.10 Å². The van der Waals surface area contributed by atoms with Gasteiger partial charge in [0.15, 0.2) is 0 Å². The van der Waals surface area contributed by atoms with Crippen LogP contribution in [0, 0.1) is 5.92 Å². The zero-order valence-corrected chi connectivity index (χ0v) is 12.7. The van der Waals surface area contributed by atoms with Crippen LogP contribution in [0.4, 0.5) is 5.13 Å². The molecule has 0 spiro atoms. The van der Waals surface area contributed by atoms with E-state index in [4.69, 9.17) is 0 Å². The van der Waals surface area contributed by atoms with E-state index in [-0.39, 0.29) is 5.56 Å². The van der Waals surface area contributed by atoms with Gasteiger partial charge in [0.1, 0.15) is 0 Å². The first kappa shape index (κ1) is 13.5. The summed E-state index contributed by atoms with van der Waals surface area (Å²) in [6, 6.07) is 2.00. The third-order valence-electron chi connectivity index (χ3n) is 4.01. The number of aromatic nitrogens is 3. The van der Waals surface area contributed by atoms with Gasteiger partial charge in [-0.3, -0.25) is 4.79 Å². The number of rotatable bonds is 5. The molecule has 1 aliphatic carbocycles. The summed E-state index contributed by atoms with van der Waals surface area (Å²) >= 11 is 1.46. The highest BCUT2D eigenvalue weighted by Gasteiger charge is 2.24. The summed E-state index contributed by atoms with van der Waals surface area (Å²) in [7, 11) is 0. The molecule has 1 saturated carbocycles. The second kappa shape index (κ2) is 5.52. The monoisotopic (exact) mass is 292 g/mol. The number of hydrogen-bond donors (Lipinski definition) is 1. The van der Waals surface area contributed by atoms with Crippen molar-refractivity contribution in [1.82, 2.24) is 14.6 Å². The molecule has 1 aliphatic rings. The summed E-state index contributed by atoms with van der Waals surface area (Å²) < 4.78 is 1.40. The lowest BCUT2D eigenvalue weighted by molar-refractivity contribution is 0.285. The molecule has 0 amide bonds. The number of fused-ring (bicyclic) bond motifs is 1. The van der Waals surface area contributed by atoms with E-state index >= 15 is 0 Å². The van der Waals surface area contributed by atoms with E-state index in [1.54, 1.807) is 6.07 Å². The quantitative estimate of drug-likeness (QED) is 0.920. The van der Waals surface area contributed by atoms with Crippen LogP contribution in [0.1, 0.15) is 45.2 Å². The van der Waals surface area contributed by atoms with Crippen LogP contribution >= 0.6 is 11.3 Å². The minimum absolute atomic E-state index is 0.0842. The molecule has 2 heterocycles. The summed E-state index contributed by atoms with van der Waals surface area (Å²) in [6.45, 7) is 4.28. The van der Waals surface area contributed by atoms with Crippen LogP contribution < -0.4 is 10.9 Å². The molecule has 2 aromatic heterocycles. The molecule has 5 nitrogen and oxygen atoms in total. The minimum atomic E-state index is -0.0842. The van der Waals surface area contributed by atoms with Gasteiger partial charge in [-0.05, 0) is 32.1 Å². The van der Waals surface area contributed by atoms with Gasteiger partial charge in [0.25, 0.3) is 5.56 Å². The van der Waals surface area contributed by atoms with E-state index in [0.717, 1.165) is 29.6 Å². The maximum absolute atomic E-state index is 12.0. The van der Waals surface area contributed by atoms with Crippen molar-refractivity contribution in [3.05, 3.63) is 22.1 Å². The third kappa shape index (κ3) is 2.57. The highest BCUT2D eigenvalue weighted by Crippen LogP contribution is 2.31. The van der Waals surface area contributed by atoms with Crippen molar-refractivity contribution >= 4 is 21.4 Å². The van der Waals surface area contributed by atoms with Gasteiger partial charge in [0.05, 0.1) is 0 Å². The molecule has 1 N–H and O–H groups in total. The fraction of sp³-hybridized carbons (Fsp3) is 0.643. The summed E-state index contributed by atoms with van der Waals surface area (Å²) in [4.78, 5) is 17.2. The zero-order chi connectivity index (χ0) is 14.1. The largest absolute Gasteiger partial charge is 0.357 e. The molecule has 0 aliphatic heterocycles. The van der Waals surface area contributed by atoms with Crippen LogP contribution in [-0.2, 0) is 6.42 Å². The van der Waals surface area contributed by atoms with Gasteiger partial charge in [0, 0.05) is 17.8 Å². The summed E-state index contributed by atoms with van der Waals surface area (Å²) in [6.07, 6.45) is 5.74. The van der Waals surface area contributed by atoms with Crippen LogP contribution in [0.3, 0.4) is 0 Å². The Morgan fingerprint density at radius 2 is 2.35 bits per heavy atom. The van der Waals surface area contributed by atoms with Crippen molar-refractivity contribution in [2.24, 2.45) is 5.92 Å². The van der Waals surface area contributed by atoms with Crippen LogP contribution in [0.25, 0.3) is 4.96 Å². The van der Waals surface area contributed by atoms with Crippen LogP contribution in [0.5, 0.6) is 0 Å². The molecule has 0 radical (unpaired) electrons. The van der Waals surface area contributed by atoms with E-state index < -0.39 is 0 Å². The number of hydrogen-bond acceptors (Lipinski definition) is 5. The van der Waals surface area contributed by atoms with Gasteiger partial charge >= 0.3 is 0 Å². The molecule has 0 bridgehead atoms. The molecule has 3 rings (SSSR count). The molecular weight excluding hydrogens is 272 g/mol. The average Bonchev–Trinajstić information content (AvgIpc) is 2.70.